The second-order valence-electron chi connectivity index (χ2n) is 18.6. The van der Waals surface area contributed by atoms with Crippen LogP contribution in [0.2, 0.25) is 0 Å². The van der Waals surface area contributed by atoms with Crippen molar-refractivity contribution in [1.82, 2.24) is 34.1 Å². The van der Waals surface area contributed by atoms with Gasteiger partial charge in [0, 0.05) is 27.8 Å². The molecular formula is C59H55N7. The zero-order valence-electron chi connectivity index (χ0n) is 39.0. The highest BCUT2D eigenvalue weighted by atomic mass is 15.1. The van der Waals surface area contributed by atoms with Crippen molar-refractivity contribution in [3.8, 4) is 68.3 Å². The Kier molecular flexibility index (Phi) is 11.2. The van der Waals surface area contributed by atoms with Gasteiger partial charge in [0.25, 0.3) is 0 Å². The van der Waals surface area contributed by atoms with E-state index in [9.17, 15) is 0 Å². The van der Waals surface area contributed by atoms with Gasteiger partial charge in [0.05, 0.1) is 33.4 Å². The highest BCUT2D eigenvalue weighted by Gasteiger charge is 2.24. The Morgan fingerprint density at radius 3 is 1.09 bits per heavy atom. The first-order valence-corrected chi connectivity index (χ1v) is 23.3. The molecule has 0 fully saturated rings. The van der Waals surface area contributed by atoms with Crippen molar-refractivity contribution in [2.24, 2.45) is 0 Å². The summed E-state index contributed by atoms with van der Waals surface area (Å²) in [7, 11) is 0. The fourth-order valence-corrected chi connectivity index (χ4v) is 9.12. The van der Waals surface area contributed by atoms with Gasteiger partial charge < -0.3 is 0 Å². The SMILES string of the molecule is CC(C)c1ccc(-c2nc(-c3ccc(C(C)C)cc3)nc(-c3cc(-n4c(-c5ccccc5C(C)C)nc5ccccc54)cc(-n4c(-c5ccccc5C(C)C)nc5ccccc54)c3)n2)cc1. The summed E-state index contributed by atoms with van der Waals surface area (Å²) in [6, 6.07) is 58.1. The predicted molar refractivity (Wildman–Crippen MR) is 273 cm³/mol. The van der Waals surface area contributed by atoms with Crippen molar-refractivity contribution < 1.29 is 0 Å². The average molecular weight is 862 g/mol. The van der Waals surface area contributed by atoms with E-state index >= 15 is 0 Å². The normalized spacial score (nSPS) is 11.9. The van der Waals surface area contributed by atoms with E-state index in [0.717, 1.165) is 72.9 Å². The van der Waals surface area contributed by atoms with Gasteiger partial charge in [0.1, 0.15) is 11.6 Å². The van der Waals surface area contributed by atoms with Crippen LogP contribution >= 0.6 is 0 Å². The average Bonchev–Trinajstić information content (AvgIpc) is 3.93. The van der Waals surface area contributed by atoms with Crippen LogP contribution in [-0.2, 0) is 0 Å². The van der Waals surface area contributed by atoms with E-state index in [1.54, 1.807) is 0 Å². The van der Waals surface area contributed by atoms with Crippen LogP contribution in [0.4, 0.5) is 0 Å². The Balaban J connectivity index is 1.30. The van der Waals surface area contributed by atoms with Crippen molar-refractivity contribution in [2.45, 2.75) is 79.1 Å². The van der Waals surface area contributed by atoms with Gasteiger partial charge in [0.2, 0.25) is 0 Å². The van der Waals surface area contributed by atoms with E-state index in [0.29, 0.717) is 29.3 Å². The van der Waals surface area contributed by atoms with Gasteiger partial charge in [-0.25, -0.2) is 24.9 Å². The van der Waals surface area contributed by atoms with E-state index in [1.807, 2.05) is 0 Å². The molecule has 66 heavy (non-hydrogen) atoms. The predicted octanol–water partition coefficient (Wildman–Crippen LogP) is 15.4. The summed E-state index contributed by atoms with van der Waals surface area (Å²) >= 11 is 0. The fourth-order valence-electron chi connectivity index (χ4n) is 9.12. The third kappa shape index (κ3) is 7.89. The van der Waals surface area contributed by atoms with Crippen LogP contribution in [0.25, 0.3) is 90.4 Å². The molecular weight excluding hydrogens is 807 g/mol. The number of para-hydroxylation sites is 4. The Bertz CT molecular complexity index is 3150. The zero-order valence-corrected chi connectivity index (χ0v) is 39.0. The summed E-state index contributed by atoms with van der Waals surface area (Å²) in [6.45, 7) is 17.8. The van der Waals surface area contributed by atoms with E-state index in [4.69, 9.17) is 24.9 Å². The molecule has 0 aliphatic heterocycles. The standard InChI is InChI=1S/C59H55N7/c1-36(2)40-25-29-42(30-26-40)55-62-56(43-31-27-41(28-32-43)37(3)4)64-57(63-55)44-33-45(65-53-23-15-13-21-51(53)60-58(65)49-19-11-9-17-47(49)38(5)6)35-46(34-44)66-54-24-16-14-22-52(54)61-59(66)50-20-12-10-18-48(50)39(7)8/h9-39H,1-8H3. The van der Waals surface area contributed by atoms with Crippen molar-refractivity contribution in [3.05, 3.63) is 186 Å². The van der Waals surface area contributed by atoms with Crippen LogP contribution in [0.3, 0.4) is 0 Å². The molecule has 0 saturated heterocycles. The molecule has 0 saturated carbocycles. The van der Waals surface area contributed by atoms with Gasteiger partial charge in [0.15, 0.2) is 17.5 Å². The molecule has 0 amide bonds. The minimum absolute atomic E-state index is 0.281. The lowest BCUT2D eigenvalue weighted by atomic mass is 9.96. The smallest absolute Gasteiger partial charge is 0.164 e. The zero-order chi connectivity index (χ0) is 45.6. The molecule has 7 aromatic carbocycles. The number of nitrogens with zero attached hydrogens (tertiary/aromatic N) is 7. The van der Waals surface area contributed by atoms with Gasteiger partial charge in [-0.2, -0.15) is 0 Å². The van der Waals surface area contributed by atoms with Crippen LogP contribution in [0.1, 0.15) is 101 Å². The maximum Gasteiger partial charge on any atom is 0.164 e. The van der Waals surface area contributed by atoms with Gasteiger partial charge >= 0.3 is 0 Å². The summed E-state index contributed by atoms with van der Waals surface area (Å²) in [5.74, 6) is 4.91. The van der Waals surface area contributed by atoms with E-state index in [2.05, 4.69) is 228 Å². The van der Waals surface area contributed by atoms with Crippen LogP contribution < -0.4 is 0 Å². The maximum absolute atomic E-state index is 5.39. The molecule has 0 aliphatic rings. The second kappa shape index (κ2) is 17.5. The minimum atomic E-state index is 0.281. The molecule has 7 heteroatoms. The number of hydrogen-bond donors (Lipinski definition) is 0. The summed E-state index contributed by atoms with van der Waals surface area (Å²) in [4.78, 5) is 26.7. The third-order valence-electron chi connectivity index (χ3n) is 12.8. The largest absolute Gasteiger partial charge is 0.292 e. The van der Waals surface area contributed by atoms with E-state index in [-0.39, 0.29) is 11.8 Å². The fraction of sp³-hybridized carbons (Fsp3) is 0.203. The molecule has 0 bridgehead atoms. The molecule has 3 aromatic heterocycles. The first-order chi connectivity index (χ1) is 32.0. The first kappa shape index (κ1) is 42.4. The molecule has 0 radical (unpaired) electrons. The minimum Gasteiger partial charge on any atom is -0.292 e. The van der Waals surface area contributed by atoms with Crippen LogP contribution in [0.15, 0.2) is 164 Å². The Labute approximate surface area is 388 Å². The monoisotopic (exact) mass is 861 g/mol. The highest BCUT2D eigenvalue weighted by molar-refractivity contribution is 5.87. The molecule has 0 atom stereocenters. The summed E-state index contributed by atoms with van der Waals surface area (Å²) in [6.07, 6.45) is 0. The lowest BCUT2D eigenvalue weighted by Gasteiger charge is -2.19. The molecule has 10 aromatic rings. The number of hydrogen-bond acceptors (Lipinski definition) is 5. The highest BCUT2D eigenvalue weighted by Crippen LogP contribution is 2.39. The van der Waals surface area contributed by atoms with Crippen LogP contribution in [0, 0.1) is 0 Å². The third-order valence-corrected chi connectivity index (χ3v) is 12.8. The van der Waals surface area contributed by atoms with Crippen molar-refractivity contribution in [2.75, 3.05) is 0 Å². The molecule has 3 heterocycles. The van der Waals surface area contributed by atoms with Crippen molar-refractivity contribution >= 4 is 22.1 Å². The molecule has 0 unspecified atom stereocenters. The first-order valence-electron chi connectivity index (χ1n) is 23.3. The summed E-state index contributed by atoms with van der Waals surface area (Å²) < 4.78 is 4.62. The number of imidazole rings is 2. The lowest BCUT2D eigenvalue weighted by Crippen LogP contribution is -2.06. The molecule has 0 N–H and O–H groups in total. The number of benzene rings is 7. The molecule has 0 spiro atoms. The molecule has 10 rings (SSSR count). The lowest BCUT2D eigenvalue weighted by molar-refractivity contribution is 0.865. The molecule has 0 aliphatic carbocycles. The van der Waals surface area contributed by atoms with Crippen molar-refractivity contribution in [1.29, 1.82) is 0 Å². The van der Waals surface area contributed by atoms with Crippen LogP contribution in [0.5, 0.6) is 0 Å². The summed E-state index contributed by atoms with van der Waals surface area (Å²) in [5, 5.41) is 0. The topological polar surface area (TPSA) is 74.3 Å². The Morgan fingerprint density at radius 1 is 0.333 bits per heavy atom. The number of fused-ring (bicyclic) bond motifs is 2. The van der Waals surface area contributed by atoms with Crippen molar-refractivity contribution in [3.63, 3.8) is 0 Å². The van der Waals surface area contributed by atoms with Gasteiger partial charge in [-0.15, -0.1) is 0 Å². The Hall–Kier alpha value is -7.51. The molecule has 7 nitrogen and oxygen atoms in total. The Morgan fingerprint density at radius 2 is 0.697 bits per heavy atom. The second-order valence-corrected chi connectivity index (χ2v) is 18.6. The van der Waals surface area contributed by atoms with E-state index < -0.39 is 0 Å². The summed E-state index contributed by atoms with van der Waals surface area (Å²) in [5.41, 5.74) is 15.6. The number of rotatable bonds is 11. The maximum atomic E-state index is 5.39. The number of aromatic nitrogens is 7. The van der Waals surface area contributed by atoms with Gasteiger partial charge in [-0.1, -0.05) is 177 Å². The quantitative estimate of drug-likeness (QED) is 0.129. The molecule has 326 valence electrons. The van der Waals surface area contributed by atoms with E-state index in [1.165, 1.54) is 22.3 Å². The van der Waals surface area contributed by atoms with Gasteiger partial charge in [-0.3, -0.25) is 9.13 Å². The van der Waals surface area contributed by atoms with Gasteiger partial charge in [-0.05, 0) is 88.4 Å². The van der Waals surface area contributed by atoms with Crippen LogP contribution in [-0.4, -0.2) is 34.1 Å².